The molecule has 1 atom stereocenters. The summed E-state index contributed by atoms with van der Waals surface area (Å²) in [4.78, 5) is 21.3. The molecule has 1 aliphatic rings. The van der Waals surface area contributed by atoms with Crippen LogP contribution in [0.4, 0.5) is 11.4 Å². The average molecular weight is 363 g/mol. The number of aromatic nitrogens is 2. The van der Waals surface area contributed by atoms with Gasteiger partial charge in [0.05, 0.1) is 18.4 Å². The molecule has 2 aromatic heterocycles. The highest BCUT2D eigenvalue weighted by Gasteiger charge is 2.25. The molecule has 0 saturated heterocycles. The molecular formula is C21H21N3O3. The summed E-state index contributed by atoms with van der Waals surface area (Å²) in [5, 5.41) is 4.19. The molecular weight excluding hydrogens is 342 g/mol. The fourth-order valence-electron chi connectivity index (χ4n) is 3.45. The number of carbonyl (C=O) groups excluding carboxylic acids is 1. The van der Waals surface area contributed by atoms with Crippen LogP contribution in [0.15, 0.2) is 36.7 Å². The lowest BCUT2D eigenvalue weighted by molar-refractivity contribution is 0.0988. The van der Waals surface area contributed by atoms with E-state index in [2.05, 4.69) is 21.4 Å². The number of hydrogen-bond acceptors (Lipinski definition) is 6. The Kier molecular flexibility index (Phi) is 4.39. The molecule has 138 valence electrons. The maximum absolute atomic E-state index is 12.6. The highest BCUT2D eigenvalue weighted by atomic mass is 16.5. The molecule has 3 heterocycles. The molecule has 0 bridgehead atoms. The molecule has 6 heteroatoms. The molecule has 0 fully saturated rings. The summed E-state index contributed by atoms with van der Waals surface area (Å²) in [5.74, 6) is 1.28. The van der Waals surface area contributed by atoms with E-state index < -0.39 is 0 Å². The Morgan fingerprint density at radius 3 is 2.96 bits per heavy atom. The van der Waals surface area contributed by atoms with Crippen molar-refractivity contribution >= 4 is 28.1 Å². The number of nitrogens with one attached hydrogen (secondary N) is 1. The van der Waals surface area contributed by atoms with Crippen LogP contribution < -0.4 is 14.8 Å². The lowest BCUT2D eigenvalue weighted by Gasteiger charge is -2.16. The quantitative estimate of drug-likeness (QED) is 0.682. The van der Waals surface area contributed by atoms with E-state index in [1.165, 1.54) is 0 Å². The number of pyridine rings is 2. The minimum atomic E-state index is 0.0181. The fourth-order valence-corrected chi connectivity index (χ4v) is 3.45. The Morgan fingerprint density at radius 2 is 2.19 bits per heavy atom. The molecule has 1 aromatic carbocycles. The van der Waals surface area contributed by atoms with Gasteiger partial charge in [0.2, 0.25) is 5.88 Å². The Morgan fingerprint density at radius 1 is 1.33 bits per heavy atom. The van der Waals surface area contributed by atoms with Gasteiger partial charge >= 0.3 is 0 Å². The first-order valence-electron chi connectivity index (χ1n) is 9.02. The highest BCUT2D eigenvalue weighted by molar-refractivity contribution is 6.10. The monoisotopic (exact) mass is 363 g/mol. The largest absolute Gasteiger partial charge is 0.488 e. The standard InChI is InChI=1S/C21H21N3O3/c1-4-17(25)15-11-23-19-14(8-7-13-10-12(2)27-20(13)19)18(15)24-16-6-5-9-22-21(16)26-3/h5-9,11-12H,4,10H2,1-3H3,(H,23,24). The number of rotatable bonds is 5. The van der Waals surface area contributed by atoms with Gasteiger partial charge in [-0.25, -0.2) is 4.98 Å². The van der Waals surface area contributed by atoms with E-state index in [0.29, 0.717) is 29.2 Å². The third-order valence-electron chi connectivity index (χ3n) is 4.75. The van der Waals surface area contributed by atoms with Crippen molar-refractivity contribution in [3.63, 3.8) is 0 Å². The Bertz CT molecular complexity index is 1030. The number of nitrogens with zero attached hydrogens (tertiary/aromatic N) is 2. The van der Waals surface area contributed by atoms with Gasteiger partial charge in [-0.1, -0.05) is 19.1 Å². The van der Waals surface area contributed by atoms with Crippen LogP contribution in [-0.2, 0) is 6.42 Å². The molecule has 0 spiro atoms. The van der Waals surface area contributed by atoms with E-state index in [4.69, 9.17) is 9.47 Å². The minimum Gasteiger partial charge on any atom is -0.488 e. The molecule has 1 unspecified atom stereocenters. The molecule has 0 amide bonds. The molecule has 0 radical (unpaired) electrons. The third kappa shape index (κ3) is 2.97. The lowest BCUT2D eigenvalue weighted by atomic mass is 10.0. The summed E-state index contributed by atoms with van der Waals surface area (Å²) in [6, 6.07) is 7.73. The zero-order valence-electron chi connectivity index (χ0n) is 15.6. The van der Waals surface area contributed by atoms with Crippen molar-refractivity contribution in [2.45, 2.75) is 32.8 Å². The van der Waals surface area contributed by atoms with E-state index in [-0.39, 0.29) is 11.9 Å². The number of hydrogen-bond donors (Lipinski definition) is 1. The summed E-state index contributed by atoms with van der Waals surface area (Å²) in [5.41, 5.74) is 3.83. The Labute approximate surface area is 157 Å². The summed E-state index contributed by atoms with van der Waals surface area (Å²) in [7, 11) is 1.57. The van der Waals surface area contributed by atoms with Crippen LogP contribution in [0.1, 0.15) is 36.2 Å². The van der Waals surface area contributed by atoms with Gasteiger partial charge in [-0.2, -0.15) is 0 Å². The number of methoxy groups -OCH3 is 1. The topological polar surface area (TPSA) is 73.3 Å². The van der Waals surface area contributed by atoms with E-state index in [1.807, 2.05) is 32.0 Å². The number of carbonyl (C=O) groups is 1. The van der Waals surface area contributed by atoms with Crippen molar-refractivity contribution in [3.8, 4) is 11.6 Å². The first-order valence-corrected chi connectivity index (χ1v) is 9.02. The normalized spacial score (nSPS) is 15.3. The van der Waals surface area contributed by atoms with Crippen molar-refractivity contribution in [3.05, 3.63) is 47.8 Å². The van der Waals surface area contributed by atoms with Crippen LogP contribution in [0.2, 0.25) is 0 Å². The predicted octanol–water partition coefficient (Wildman–Crippen LogP) is 4.30. The molecule has 4 rings (SSSR count). The molecule has 27 heavy (non-hydrogen) atoms. The van der Waals surface area contributed by atoms with E-state index in [0.717, 1.165) is 28.6 Å². The molecule has 3 aromatic rings. The molecule has 1 aliphatic heterocycles. The fraction of sp³-hybridized carbons (Fsp3) is 0.286. The zero-order valence-corrected chi connectivity index (χ0v) is 15.6. The molecule has 0 aliphatic carbocycles. The molecule has 0 saturated carbocycles. The average Bonchev–Trinajstić information content (AvgIpc) is 3.08. The Hall–Kier alpha value is -3.15. The summed E-state index contributed by atoms with van der Waals surface area (Å²) < 4.78 is 11.3. The van der Waals surface area contributed by atoms with Crippen molar-refractivity contribution in [1.82, 2.24) is 9.97 Å². The van der Waals surface area contributed by atoms with Crippen LogP contribution in [0.5, 0.6) is 11.6 Å². The molecule has 1 N–H and O–H groups in total. The predicted molar refractivity (Wildman–Crippen MR) is 104 cm³/mol. The maximum atomic E-state index is 12.6. The van der Waals surface area contributed by atoms with Gasteiger partial charge < -0.3 is 14.8 Å². The minimum absolute atomic E-state index is 0.0181. The van der Waals surface area contributed by atoms with Gasteiger partial charge in [-0.05, 0) is 19.1 Å². The lowest BCUT2D eigenvalue weighted by Crippen LogP contribution is -2.07. The second-order valence-corrected chi connectivity index (χ2v) is 6.59. The van der Waals surface area contributed by atoms with Gasteiger partial charge in [0.15, 0.2) is 5.78 Å². The van der Waals surface area contributed by atoms with Gasteiger partial charge in [-0.15, -0.1) is 0 Å². The van der Waals surface area contributed by atoms with Crippen LogP contribution in [0, 0.1) is 0 Å². The first kappa shape index (κ1) is 17.3. The highest BCUT2D eigenvalue weighted by Crippen LogP contribution is 2.40. The SMILES string of the molecule is CCC(=O)c1cnc2c3c(ccc2c1Nc1cccnc1OC)CC(C)O3. The van der Waals surface area contributed by atoms with Gasteiger partial charge in [0, 0.05) is 36.2 Å². The van der Waals surface area contributed by atoms with Gasteiger partial charge in [0.1, 0.15) is 23.1 Å². The van der Waals surface area contributed by atoms with Crippen LogP contribution in [-0.4, -0.2) is 29.0 Å². The number of ether oxygens (including phenoxy) is 2. The van der Waals surface area contributed by atoms with E-state index in [9.17, 15) is 4.79 Å². The second kappa shape index (κ2) is 6.87. The van der Waals surface area contributed by atoms with E-state index in [1.54, 1.807) is 19.5 Å². The van der Waals surface area contributed by atoms with Crippen LogP contribution in [0.25, 0.3) is 10.9 Å². The summed E-state index contributed by atoms with van der Waals surface area (Å²) in [6.07, 6.45) is 4.67. The number of benzene rings is 1. The van der Waals surface area contributed by atoms with Crippen LogP contribution >= 0.6 is 0 Å². The Balaban J connectivity index is 1.93. The van der Waals surface area contributed by atoms with Crippen LogP contribution in [0.3, 0.4) is 0 Å². The number of ketones is 1. The van der Waals surface area contributed by atoms with Crippen molar-refractivity contribution in [2.75, 3.05) is 12.4 Å². The first-order chi connectivity index (χ1) is 13.1. The smallest absolute Gasteiger partial charge is 0.237 e. The van der Waals surface area contributed by atoms with Crippen molar-refractivity contribution in [1.29, 1.82) is 0 Å². The maximum Gasteiger partial charge on any atom is 0.237 e. The van der Waals surface area contributed by atoms with Gasteiger partial charge in [-0.3, -0.25) is 9.78 Å². The van der Waals surface area contributed by atoms with Crippen molar-refractivity contribution in [2.24, 2.45) is 0 Å². The third-order valence-corrected chi connectivity index (χ3v) is 4.75. The summed E-state index contributed by atoms with van der Waals surface area (Å²) in [6.45, 7) is 3.88. The van der Waals surface area contributed by atoms with Crippen molar-refractivity contribution < 1.29 is 14.3 Å². The molecule has 6 nitrogen and oxygen atoms in total. The van der Waals surface area contributed by atoms with E-state index >= 15 is 0 Å². The number of fused-ring (bicyclic) bond motifs is 3. The summed E-state index contributed by atoms with van der Waals surface area (Å²) >= 11 is 0. The number of Topliss-reactive ketones (excluding diaryl/α,β-unsaturated/α-hetero) is 1. The number of anilines is 2. The van der Waals surface area contributed by atoms with Gasteiger partial charge in [0.25, 0.3) is 0 Å². The second-order valence-electron chi connectivity index (χ2n) is 6.59. The zero-order chi connectivity index (χ0) is 19.0.